The fourth-order valence-electron chi connectivity index (χ4n) is 2.11. The number of benzene rings is 1. The number of hydrogen-bond donors (Lipinski definition) is 2. The van der Waals surface area contributed by atoms with E-state index in [2.05, 4.69) is 5.32 Å². The van der Waals surface area contributed by atoms with Crippen LogP contribution in [0.15, 0.2) is 36.4 Å². The molecule has 2 aromatic rings. The van der Waals surface area contributed by atoms with Gasteiger partial charge in [0.1, 0.15) is 0 Å². The lowest BCUT2D eigenvalue weighted by Crippen LogP contribution is -2.18. The maximum absolute atomic E-state index is 12.2. The van der Waals surface area contributed by atoms with Crippen LogP contribution in [-0.4, -0.2) is 17.0 Å². The molecule has 0 aliphatic rings. The van der Waals surface area contributed by atoms with Gasteiger partial charge < -0.3 is 10.4 Å². The molecule has 0 spiro atoms. The summed E-state index contributed by atoms with van der Waals surface area (Å²) in [5.41, 5.74) is 1.62. The summed E-state index contributed by atoms with van der Waals surface area (Å²) in [5, 5.41) is 11.8. The molecule has 6 heteroatoms. The number of carbonyl (C=O) groups excluding carboxylic acids is 1. The molecule has 23 heavy (non-hydrogen) atoms. The number of aliphatic carboxylic acids is 1. The van der Waals surface area contributed by atoms with Gasteiger partial charge in [-0.15, -0.1) is 11.3 Å². The number of carbonyl (C=O) groups is 2. The van der Waals surface area contributed by atoms with Crippen LogP contribution in [0, 0.1) is 5.92 Å². The first-order valence-corrected chi connectivity index (χ1v) is 8.44. The van der Waals surface area contributed by atoms with Crippen molar-refractivity contribution in [3.8, 4) is 0 Å². The predicted octanol–water partition coefficient (Wildman–Crippen LogP) is 4.41. The van der Waals surface area contributed by atoms with E-state index < -0.39 is 11.9 Å². The Balaban J connectivity index is 1.97. The van der Waals surface area contributed by atoms with E-state index in [9.17, 15) is 9.59 Å². The topological polar surface area (TPSA) is 66.4 Å². The fourth-order valence-corrected chi connectivity index (χ4v) is 3.22. The van der Waals surface area contributed by atoms with Crippen LogP contribution in [0.5, 0.6) is 0 Å². The number of anilines is 1. The van der Waals surface area contributed by atoms with Gasteiger partial charge in [-0.2, -0.15) is 0 Å². The zero-order valence-electron chi connectivity index (χ0n) is 12.9. The SMILES string of the molecule is CC(Cc1ccc(NC(=O)C(C)c2ccc(Cl)s2)cc1)C(=O)O. The van der Waals surface area contributed by atoms with Crippen LogP contribution in [0.25, 0.3) is 0 Å². The van der Waals surface area contributed by atoms with Gasteiger partial charge in [-0.25, -0.2) is 0 Å². The molecule has 2 unspecified atom stereocenters. The van der Waals surface area contributed by atoms with Crippen LogP contribution in [-0.2, 0) is 16.0 Å². The van der Waals surface area contributed by atoms with Gasteiger partial charge in [0.2, 0.25) is 5.91 Å². The minimum Gasteiger partial charge on any atom is -0.481 e. The van der Waals surface area contributed by atoms with Crippen LogP contribution < -0.4 is 5.32 Å². The Morgan fingerprint density at radius 2 is 1.83 bits per heavy atom. The fraction of sp³-hybridized carbons (Fsp3) is 0.294. The third kappa shape index (κ3) is 4.81. The molecule has 0 saturated heterocycles. The number of nitrogens with one attached hydrogen (secondary N) is 1. The highest BCUT2D eigenvalue weighted by Crippen LogP contribution is 2.28. The van der Waals surface area contributed by atoms with E-state index in [1.807, 2.05) is 25.1 Å². The lowest BCUT2D eigenvalue weighted by Gasteiger charge is -2.12. The van der Waals surface area contributed by atoms with E-state index in [-0.39, 0.29) is 11.8 Å². The molecule has 1 aromatic carbocycles. The van der Waals surface area contributed by atoms with Crippen LogP contribution in [0.4, 0.5) is 5.69 Å². The summed E-state index contributed by atoms with van der Waals surface area (Å²) in [5.74, 6) is -1.63. The summed E-state index contributed by atoms with van der Waals surface area (Å²) >= 11 is 7.29. The standard InChI is InChI=1S/C17H18ClNO3S/c1-10(17(21)22)9-12-3-5-13(6-4-12)19-16(20)11(2)14-7-8-15(18)23-14/h3-8,10-11H,9H2,1-2H3,(H,19,20)(H,21,22). The van der Waals surface area contributed by atoms with E-state index in [0.29, 0.717) is 16.4 Å². The summed E-state index contributed by atoms with van der Waals surface area (Å²) < 4.78 is 0.663. The van der Waals surface area contributed by atoms with Crippen molar-refractivity contribution >= 4 is 40.5 Å². The van der Waals surface area contributed by atoms with Gasteiger partial charge in [0.15, 0.2) is 0 Å². The van der Waals surface area contributed by atoms with E-state index in [1.54, 1.807) is 25.1 Å². The third-order valence-corrected chi connectivity index (χ3v) is 5.01. The number of rotatable bonds is 6. The Kier molecular flexibility index (Phi) is 5.80. The molecule has 4 nitrogen and oxygen atoms in total. The molecule has 0 aliphatic heterocycles. The molecule has 2 atom stereocenters. The van der Waals surface area contributed by atoms with E-state index >= 15 is 0 Å². The van der Waals surface area contributed by atoms with E-state index in [1.165, 1.54) is 11.3 Å². The average Bonchev–Trinajstić information content (AvgIpc) is 2.94. The highest BCUT2D eigenvalue weighted by molar-refractivity contribution is 7.16. The van der Waals surface area contributed by atoms with Crippen molar-refractivity contribution in [3.63, 3.8) is 0 Å². The molecule has 2 N–H and O–H groups in total. The molecule has 1 heterocycles. The first kappa shape index (κ1) is 17.5. The van der Waals surface area contributed by atoms with Gasteiger partial charge in [-0.05, 0) is 43.2 Å². The van der Waals surface area contributed by atoms with Crippen molar-refractivity contribution < 1.29 is 14.7 Å². The largest absolute Gasteiger partial charge is 0.481 e. The van der Waals surface area contributed by atoms with Crippen molar-refractivity contribution in [1.82, 2.24) is 0 Å². The molecule has 0 saturated carbocycles. The number of amides is 1. The Morgan fingerprint density at radius 3 is 2.35 bits per heavy atom. The van der Waals surface area contributed by atoms with Crippen LogP contribution in [0.3, 0.4) is 0 Å². The molecule has 122 valence electrons. The predicted molar refractivity (Wildman–Crippen MR) is 93.3 cm³/mol. The number of hydrogen-bond acceptors (Lipinski definition) is 3. The molecule has 1 amide bonds. The van der Waals surface area contributed by atoms with Crippen molar-refractivity contribution in [3.05, 3.63) is 51.2 Å². The van der Waals surface area contributed by atoms with Gasteiger partial charge in [0, 0.05) is 10.6 Å². The van der Waals surface area contributed by atoms with Crippen molar-refractivity contribution in [2.24, 2.45) is 5.92 Å². The van der Waals surface area contributed by atoms with Crippen LogP contribution in [0.2, 0.25) is 4.34 Å². The van der Waals surface area contributed by atoms with Gasteiger partial charge in [0.05, 0.1) is 16.2 Å². The second-order valence-electron chi connectivity index (χ2n) is 5.49. The minimum atomic E-state index is -0.814. The quantitative estimate of drug-likeness (QED) is 0.810. The van der Waals surface area contributed by atoms with Gasteiger partial charge >= 0.3 is 5.97 Å². The van der Waals surface area contributed by atoms with Crippen molar-refractivity contribution in [1.29, 1.82) is 0 Å². The first-order valence-electron chi connectivity index (χ1n) is 7.24. The Labute approximate surface area is 144 Å². The lowest BCUT2D eigenvalue weighted by molar-refractivity contribution is -0.141. The number of halogens is 1. The minimum absolute atomic E-state index is 0.102. The van der Waals surface area contributed by atoms with Crippen LogP contribution >= 0.6 is 22.9 Å². The normalized spacial score (nSPS) is 13.3. The highest BCUT2D eigenvalue weighted by Gasteiger charge is 2.17. The summed E-state index contributed by atoms with van der Waals surface area (Å²) in [6, 6.07) is 10.9. The highest BCUT2D eigenvalue weighted by atomic mass is 35.5. The molecule has 2 rings (SSSR count). The van der Waals surface area contributed by atoms with Gasteiger partial charge in [-0.1, -0.05) is 30.7 Å². The zero-order chi connectivity index (χ0) is 17.0. The Morgan fingerprint density at radius 1 is 1.17 bits per heavy atom. The van der Waals surface area contributed by atoms with E-state index in [4.69, 9.17) is 16.7 Å². The summed E-state index contributed by atoms with van der Waals surface area (Å²) in [6.45, 7) is 3.51. The Hall–Kier alpha value is -1.85. The summed E-state index contributed by atoms with van der Waals surface area (Å²) in [6.07, 6.45) is 0.466. The molecule has 0 radical (unpaired) electrons. The van der Waals surface area contributed by atoms with Gasteiger partial charge in [-0.3, -0.25) is 9.59 Å². The monoisotopic (exact) mass is 351 g/mol. The third-order valence-electron chi connectivity index (χ3n) is 3.60. The molecule has 0 bridgehead atoms. The molecular formula is C17H18ClNO3S. The lowest BCUT2D eigenvalue weighted by atomic mass is 10.0. The van der Waals surface area contributed by atoms with E-state index in [0.717, 1.165) is 10.4 Å². The molecular weight excluding hydrogens is 334 g/mol. The molecule has 1 aromatic heterocycles. The first-order chi connectivity index (χ1) is 10.9. The number of carboxylic acid groups (broad SMARTS) is 1. The van der Waals surface area contributed by atoms with Gasteiger partial charge in [0.25, 0.3) is 0 Å². The molecule has 0 aliphatic carbocycles. The maximum Gasteiger partial charge on any atom is 0.306 e. The maximum atomic E-state index is 12.2. The second kappa shape index (κ2) is 7.62. The van der Waals surface area contributed by atoms with Crippen LogP contribution in [0.1, 0.15) is 30.2 Å². The number of thiophene rings is 1. The molecule has 0 fully saturated rings. The summed E-state index contributed by atoms with van der Waals surface area (Å²) in [4.78, 5) is 24.0. The zero-order valence-corrected chi connectivity index (χ0v) is 14.4. The van der Waals surface area contributed by atoms with Crippen molar-refractivity contribution in [2.75, 3.05) is 5.32 Å². The number of carboxylic acids is 1. The summed E-state index contributed by atoms with van der Waals surface area (Å²) in [7, 11) is 0. The average molecular weight is 352 g/mol. The smallest absolute Gasteiger partial charge is 0.306 e. The second-order valence-corrected chi connectivity index (χ2v) is 7.24. The Bertz CT molecular complexity index is 696. The van der Waals surface area contributed by atoms with Crippen molar-refractivity contribution in [2.45, 2.75) is 26.2 Å².